The molecule has 0 aliphatic heterocycles. The maximum Gasteiger partial charge on any atom is 0.408 e. The van der Waals surface area contributed by atoms with Gasteiger partial charge in [-0.2, -0.15) is 0 Å². The van der Waals surface area contributed by atoms with Gasteiger partial charge in [0.2, 0.25) is 0 Å². The van der Waals surface area contributed by atoms with E-state index in [9.17, 15) is 9.59 Å². The van der Waals surface area contributed by atoms with Crippen LogP contribution >= 0.6 is 0 Å². The number of hydrogen-bond acceptors (Lipinski definition) is 8. The molecular formula is C33H41NO8. The molecule has 3 aromatic carbocycles. The van der Waals surface area contributed by atoms with Crippen molar-refractivity contribution in [1.29, 1.82) is 0 Å². The quantitative estimate of drug-likeness (QED) is 0.249. The molecule has 1 N–H and O–H groups in total. The normalized spacial score (nSPS) is 11.8. The Kier molecular flexibility index (Phi) is 11.6. The molecule has 0 fully saturated rings. The van der Waals surface area contributed by atoms with Crippen LogP contribution in [0.25, 0.3) is 0 Å². The van der Waals surface area contributed by atoms with Crippen molar-refractivity contribution in [2.24, 2.45) is 0 Å². The Labute approximate surface area is 248 Å². The van der Waals surface area contributed by atoms with Gasteiger partial charge in [0.25, 0.3) is 0 Å². The lowest BCUT2D eigenvalue weighted by Crippen LogP contribution is -2.45. The Morgan fingerprint density at radius 3 is 2.10 bits per heavy atom. The summed E-state index contributed by atoms with van der Waals surface area (Å²) < 4.78 is 34.0. The number of hydrogen-bond donors (Lipinski definition) is 1. The molecule has 42 heavy (non-hydrogen) atoms. The average molecular weight is 580 g/mol. The molecule has 0 radical (unpaired) electrons. The minimum absolute atomic E-state index is 0.111. The second-order valence-corrected chi connectivity index (χ2v) is 10.7. The number of ether oxygens (including phenoxy) is 6. The molecule has 0 bridgehead atoms. The molecule has 0 spiro atoms. The first kappa shape index (κ1) is 32.3. The zero-order valence-electron chi connectivity index (χ0n) is 25.4. The van der Waals surface area contributed by atoms with Crippen molar-refractivity contribution < 1.29 is 38.0 Å². The minimum Gasteiger partial charge on any atom is -0.497 e. The summed E-state index contributed by atoms with van der Waals surface area (Å²) >= 11 is 0. The molecule has 3 aromatic rings. The number of nitrogens with one attached hydrogen (secondary N) is 1. The average Bonchev–Trinajstić information content (AvgIpc) is 2.96. The Hall–Kier alpha value is -4.24. The van der Waals surface area contributed by atoms with E-state index < -0.39 is 23.7 Å². The first-order valence-electron chi connectivity index (χ1n) is 13.7. The highest BCUT2D eigenvalue weighted by Crippen LogP contribution is 2.39. The highest BCUT2D eigenvalue weighted by Gasteiger charge is 2.28. The second kappa shape index (κ2) is 15.1. The summed E-state index contributed by atoms with van der Waals surface area (Å²) in [6.07, 6.45) is -0.611. The van der Waals surface area contributed by atoms with Crippen molar-refractivity contribution in [1.82, 2.24) is 5.32 Å². The standard InChI is InChI=1S/C33H41NO8/c1-22-17-25(18-28(31(35)39-7)34-32(36)42-33(2,3)4)27(21-40-19-24-13-15-26(37-5)16-14-24)30(29(22)38-6)41-20-23-11-9-8-10-12-23/h8-17,28H,18-21H2,1-7H3,(H,34,36). The second-order valence-electron chi connectivity index (χ2n) is 10.7. The van der Waals surface area contributed by atoms with Crippen molar-refractivity contribution in [2.45, 2.75) is 65.6 Å². The van der Waals surface area contributed by atoms with Crippen LogP contribution < -0.4 is 19.5 Å². The van der Waals surface area contributed by atoms with Crippen LogP contribution in [-0.2, 0) is 45.2 Å². The van der Waals surface area contributed by atoms with Gasteiger partial charge in [0.1, 0.15) is 24.0 Å². The predicted octanol–water partition coefficient (Wildman–Crippen LogP) is 5.92. The molecule has 1 unspecified atom stereocenters. The lowest BCUT2D eigenvalue weighted by molar-refractivity contribution is -0.143. The van der Waals surface area contributed by atoms with Crippen LogP contribution in [0.15, 0.2) is 60.7 Å². The molecule has 3 rings (SSSR count). The number of alkyl carbamates (subject to hydrolysis) is 1. The molecule has 0 aliphatic rings. The Balaban J connectivity index is 1.97. The van der Waals surface area contributed by atoms with Crippen LogP contribution in [0.5, 0.6) is 17.2 Å². The Bertz CT molecular complexity index is 1320. The fourth-order valence-corrected chi connectivity index (χ4v) is 4.35. The fourth-order valence-electron chi connectivity index (χ4n) is 4.35. The summed E-state index contributed by atoms with van der Waals surface area (Å²) in [5.74, 6) is 1.22. The van der Waals surface area contributed by atoms with E-state index in [0.29, 0.717) is 30.3 Å². The maximum atomic E-state index is 12.8. The molecular weight excluding hydrogens is 538 g/mol. The number of carbonyl (C=O) groups excluding carboxylic acids is 2. The van der Waals surface area contributed by atoms with Gasteiger partial charge >= 0.3 is 12.1 Å². The van der Waals surface area contributed by atoms with E-state index in [1.807, 2.05) is 67.6 Å². The molecule has 0 aromatic heterocycles. The molecule has 1 amide bonds. The summed E-state index contributed by atoms with van der Waals surface area (Å²) in [5, 5.41) is 2.66. The molecule has 9 nitrogen and oxygen atoms in total. The number of rotatable bonds is 13. The molecule has 0 aliphatic carbocycles. The highest BCUT2D eigenvalue weighted by molar-refractivity contribution is 5.82. The largest absolute Gasteiger partial charge is 0.497 e. The monoisotopic (exact) mass is 579 g/mol. The topological polar surface area (TPSA) is 102 Å². The first-order chi connectivity index (χ1) is 20.0. The van der Waals surface area contributed by atoms with Crippen LogP contribution in [0.1, 0.15) is 48.6 Å². The van der Waals surface area contributed by atoms with Crippen molar-refractivity contribution in [3.63, 3.8) is 0 Å². The number of aryl methyl sites for hydroxylation is 1. The summed E-state index contributed by atoms with van der Waals surface area (Å²) in [4.78, 5) is 25.4. The minimum atomic E-state index is -1.01. The molecule has 0 saturated heterocycles. The lowest BCUT2D eigenvalue weighted by Gasteiger charge is -2.25. The SMILES string of the molecule is COC(=O)C(Cc1cc(C)c(OC)c(OCc2ccccc2)c1COCc1ccc(OC)cc1)NC(=O)OC(C)(C)C. The van der Waals surface area contributed by atoms with Gasteiger partial charge in [0.05, 0.1) is 34.5 Å². The van der Waals surface area contributed by atoms with Crippen LogP contribution in [0.4, 0.5) is 4.79 Å². The van der Waals surface area contributed by atoms with Gasteiger partial charge in [0, 0.05) is 12.0 Å². The molecule has 1 atom stereocenters. The number of carbonyl (C=O) groups is 2. The summed E-state index contributed by atoms with van der Waals surface area (Å²) in [6.45, 7) is 7.93. The van der Waals surface area contributed by atoms with Crippen LogP contribution in [-0.4, -0.2) is 45.0 Å². The van der Waals surface area contributed by atoms with E-state index in [4.69, 9.17) is 28.4 Å². The van der Waals surface area contributed by atoms with Crippen molar-refractivity contribution in [3.8, 4) is 17.2 Å². The van der Waals surface area contributed by atoms with Gasteiger partial charge in [0.15, 0.2) is 11.5 Å². The van der Waals surface area contributed by atoms with E-state index in [1.165, 1.54) is 7.11 Å². The van der Waals surface area contributed by atoms with E-state index >= 15 is 0 Å². The summed E-state index contributed by atoms with van der Waals surface area (Å²) in [5.41, 5.74) is 3.43. The Morgan fingerprint density at radius 1 is 0.833 bits per heavy atom. The van der Waals surface area contributed by atoms with Gasteiger partial charge in [-0.3, -0.25) is 0 Å². The summed E-state index contributed by atoms with van der Waals surface area (Å²) in [6, 6.07) is 18.3. The van der Waals surface area contributed by atoms with E-state index in [2.05, 4.69) is 5.32 Å². The third-order valence-corrected chi connectivity index (χ3v) is 6.32. The van der Waals surface area contributed by atoms with Crippen LogP contribution in [0.2, 0.25) is 0 Å². The van der Waals surface area contributed by atoms with Crippen LogP contribution in [0, 0.1) is 6.92 Å². The fraction of sp³-hybridized carbons (Fsp3) is 0.394. The number of methoxy groups -OCH3 is 3. The zero-order chi connectivity index (χ0) is 30.7. The number of esters is 1. The third kappa shape index (κ3) is 9.41. The van der Waals surface area contributed by atoms with E-state index in [0.717, 1.165) is 28.0 Å². The summed E-state index contributed by atoms with van der Waals surface area (Å²) in [7, 11) is 4.48. The smallest absolute Gasteiger partial charge is 0.408 e. The first-order valence-corrected chi connectivity index (χ1v) is 13.7. The third-order valence-electron chi connectivity index (χ3n) is 6.32. The van der Waals surface area contributed by atoms with Crippen molar-refractivity contribution in [2.75, 3.05) is 21.3 Å². The molecule has 0 heterocycles. The lowest BCUT2D eigenvalue weighted by atomic mass is 9.96. The maximum absolute atomic E-state index is 12.8. The Morgan fingerprint density at radius 2 is 1.50 bits per heavy atom. The molecule has 0 saturated carbocycles. The highest BCUT2D eigenvalue weighted by atomic mass is 16.6. The predicted molar refractivity (Wildman–Crippen MR) is 159 cm³/mol. The number of benzene rings is 3. The molecule has 226 valence electrons. The van der Waals surface area contributed by atoms with Gasteiger partial charge in [-0.15, -0.1) is 0 Å². The van der Waals surface area contributed by atoms with Gasteiger partial charge in [-0.1, -0.05) is 48.5 Å². The molecule has 9 heteroatoms. The van der Waals surface area contributed by atoms with Crippen LogP contribution in [0.3, 0.4) is 0 Å². The van der Waals surface area contributed by atoms with E-state index in [1.54, 1.807) is 35.0 Å². The van der Waals surface area contributed by atoms with E-state index in [-0.39, 0.29) is 13.0 Å². The van der Waals surface area contributed by atoms with Gasteiger partial charge in [-0.05, 0) is 62.1 Å². The van der Waals surface area contributed by atoms with Crippen molar-refractivity contribution >= 4 is 12.1 Å². The van der Waals surface area contributed by atoms with Gasteiger partial charge in [-0.25, -0.2) is 9.59 Å². The number of amides is 1. The van der Waals surface area contributed by atoms with Crippen molar-refractivity contribution in [3.05, 3.63) is 88.5 Å². The van der Waals surface area contributed by atoms with Gasteiger partial charge < -0.3 is 33.7 Å². The zero-order valence-corrected chi connectivity index (χ0v) is 25.4.